The fourth-order valence-electron chi connectivity index (χ4n) is 3.67. The zero-order valence-corrected chi connectivity index (χ0v) is 18.5. The van der Waals surface area contributed by atoms with Crippen LogP contribution in [0, 0.1) is 6.92 Å². The van der Waals surface area contributed by atoms with E-state index < -0.39 is 0 Å². The third-order valence-electron chi connectivity index (χ3n) is 5.21. The molecule has 0 aliphatic carbocycles. The molecule has 3 aromatic heterocycles. The zero-order chi connectivity index (χ0) is 20.7. The molecule has 0 bridgehead atoms. The van der Waals surface area contributed by atoms with Crippen molar-refractivity contribution in [1.29, 1.82) is 0 Å². The van der Waals surface area contributed by atoms with Crippen LogP contribution in [0.15, 0.2) is 36.5 Å². The molecule has 4 aromatic rings. The molecule has 30 heavy (non-hydrogen) atoms. The molecule has 0 unspecified atom stereocenters. The van der Waals surface area contributed by atoms with E-state index in [0.717, 1.165) is 53.7 Å². The van der Waals surface area contributed by atoms with Gasteiger partial charge in [0.25, 0.3) is 0 Å². The van der Waals surface area contributed by atoms with Crippen molar-refractivity contribution in [2.24, 2.45) is 0 Å². The topological polar surface area (TPSA) is 71.2 Å². The fraction of sp³-hybridized carbons (Fsp3) is 0.300. The Morgan fingerprint density at radius 3 is 2.67 bits per heavy atom. The number of hydrogen-bond donors (Lipinski definition) is 1. The summed E-state index contributed by atoms with van der Waals surface area (Å²) >= 11 is 13.7. The van der Waals surface area contributed by atoms with Crippen molar-refractivity contribution in [1.82, 2.24) is 24.0 Å². The van der Waals surface area contributed by atoms with E-state index in [9.17, 15) is 0 Å². The molecule has 1 aromatic carbocycles. The SMILES string of the molecule is Cc1nsc(N2CCC(Nc3nc4c(-c5ccc(Cl)c(Cl)c5)cccn4n3)CC2)n1. The quantitative estimate of drug-likeness (QED) is 0.465. The minimum atomic E-state index is 0.320. The molecule has 0 radical (unpaired) electrons. The number of hydrogen-bond acceptors (Lipinski definition) is 7. The molecule has 0 saturated carbocycles. The first-order chi connectivity index (χ1) is 14.6. The van der Waals surface area contributed by atoms with Crippen LogP contribution >= 0.6 is 34.7 Å². The van der Waals surface area contributed by atoms with Gasteiger partial charge in [-0.1, -0.05) is 29.3 Å². The number of halogens is 2. The molecule has 10 heteroatoms. The van der Waals surface area contributed by atoms with E-state index in [1.165, 1.54) is 11.5 Å². The number of rotatable bonds is 4. The van der Waals surface area contributed by atoms with Crippen LogP contribution in [0.5, 0.6) is 0 Å². The third-order valence-corrected chi connectivity index (χ3v) is 6.82. The lowest BCUT2D eigenvalue weighted by Gasteiger charge is -2.31. The normalized spacial score (nSPS) is 15.1. The lowest BCUT2D eigenvalue weighted by molar-refractivity contribution is 0.523. The van der Waals surface area contributed by atoms with Crippen molar-refractivity contribution in [3.8, 4) is 11.1 Å². The van der Waals surface area contributed by atoms with E-state index in [2.05, 4.69) is 24.7 Å². The van der Waals surface area contributed by atoms with Gasteiger partial charge in [-0.2, -0.15) is 9.36 Å². The van der Waals surface area contributed by atoms with Crippen LogP contribution in [0.3, 0.4) is 0 Å². The Bertz CT molecular complexity index is 1200. The summed E-state index contributed by atoms with van der Waals surface area (Å²) < 4.78 is 6.07. The van der Waals surface area contributed by atoms with Gasteiger partial charge in [-0.25, -0.2) is 9.50 Å². The highest BCUT2D eigenvalue weighted by molar-refractivity contribution is 7.09. The number of benzene rings is 1. The van der Waals surface area contributed by atoms with Gasteiger partial charge in [0.1, 0.15) is 5.82 Å². The second-order valence-electron chi connectivity index (χ2n) is 7.28. The Balaban J connectivity index is 1.33. The average Bonchev–Trinajstić information content (AvgIpc) is 3.36. The number of aromatic nitrogens is 5. The number of nitrogens with one attached hydrogen (secondary N) is 1. The van der Waals surface area contributed by atoms with Gasteiger partial charge >= 0.3 is 0 Å². The first kappa shape index (κ1) is 19.5. The smallest absolute Gasteiger partial charge is 0.243 e. The highest BCUT2D eigenvalue weighted by Crippen LogP contribution is 2.31. The maximum Gasteiger partial charge on any atom is 0.243 e. The van der Waals surface area contributed by atoms with E-state index in [1.807, 2.05) is 37.4 Å². The number of nitrogens with zero attached hydrogens (tertiary/aromatic N) is 6. The average molecular weight is 460 g/mol. The lowest BCUT2D eigenvalue weighted by atomic mass is 10.1. The minimum Gasteiger partial charge on any atom is -0.350 e. The molecule has 1 aliphatic rings. The number of pyridine rings is 1. The monoisotopic (exact) mass is 459 g/mol. The first-order valence-corrected chi connectivity index (χ1v) is 11.2. The molecule has 0 spiro atoms. The molecular weight excluding hydrogens is 441 g/mol. The van der Waals surface area contributed by atoms with E-state index in [-0.39, 0.29) is 0 Å². The zero-order valence-electron chi connectivity index (χ0n) is 16.2. The number of aryl methyl sites for hydroxylation is 1. The van der Waals surface area contributed by atoms with Gasteiger partial charge in [0, 0.05) is 42.4 Å². The molecule has 1 saturated heterocycles. The van der Waals surface area contributed by atoms with Crippen LogP contribution in [-0.4, -0.2) is 43.1 Å². The molecule has 1 N–H and O–H groups in total. The molecule has 154 valence electrons. The van der Waals surface area contributed by atoms with Crippen LogP contribution in [-0.2, 0) is 0 Å². The number of anilines is 2. The van der Waals surface area contributed by atoms with Crippen LogP contribution in [0.25, 0.3) is 16.8 Å². The van der Waals surface area contributed by atoms with Crippen LogP contribution in [0.1, 0.15) is 18.7 Å². The van der Waals surface area contributed by atoms with Crippen molar-refractivity contribution < 1.29 is 0 Å². The van der Waals surface area contributed by atoms with Crippen LogP contribution in [0.4, 0.5) is 11.1 Å². The second kappa shape index (κ2) is 8.02. The largest absolute Gasteiger partial charge is 0.350 e. The van der Waals surface area contributed by atoms with Gasteiger partial charge in [0.2, 0.25) is 11.1 Å². The van der Waals surface area contributed by atoms with E-state index in [4.69, 9.17) is 28.2 Å². The van der Waals surface area contributed by atoms with Gasteiger partial charge in [0.05, 0.1) is 10.0 Å². The van der Waals surface area contributed by atoms with Crippen molar-refractivity contribution >= 4 is 51.5 Å². The first-order valence-electron chi connectivity index (χ1n) is 9.69. The van der Waals surface area contributed by atoms with Crippen molar-refractivity contribution in [3.63, 3.8) is 0 Å². The Kier molecular flexibility index (Phi) is 5.22. The van der Waals surface area contributed by atoms with Crippen molar-refractivity contribution in [2.45, 2.75) is 25.8 Å². The highest BCUT2D eigenvalue weighted by Gasteiger charge is 2.22. The van der Waals surface area contributed by atoms with Gasteiger partial charge in [-0.15, -0.1) is 5.10 Å². The summed E-state index contributed by atoms with van der Waals surface area (Å²) in [6.45, 7) is 3.80. The summed E-state index contributed by atoms with van der Waals surface area (Å²) in [5.74, 6) is 1.47. The summed E-state index contributed by atoms with van der Waals surface area (Å²) in [6.07, 6.45) is 3.89. The molecule has 0 amide bonds. The molecule has 4 heterocycles. The maximum atomic E-state index is 6.21. The standard InChI is InChI=1S/C20H19Cl2N7S/c1-12-23-20(30-27-12)28-9-6-14(7-10-28)24-19-25-18-15(3-2-8-29(18)26-19)13-4-5-16(21)17(22)11-13/h2-5,8,11,14H,6-7,9-10H2,1H3,(H,24,26). The Morgan fingerprint density at radius 1 is 1.10 bits per heavy atom. The minimum absolute atomic E-state index is 0.320. The van der Waals surface area contributed by atoms with Crippen LogP contribution in [0.2, 0.25) is 10.0 Å². The van der Waals surface area contributed by atoms with Crippen LogP contribution < -0.4 is 10.2 Å². The van der Waals surface area contributed by atoms with Crippen molar-refractivity contribution in [3.05, 3.63) is 52.4 Å². The predicted molar refractivity (Wildman–Crippen MR) is 122 cm³/mol. The molecule has 0 atom stereocenters. The molecule has 1 aliphatic heterocycles. The summed E-state index contributed by atoms with van der Waals surface area (Å²) in [6, 6.07) is 9.87. The molecule has 1 fully saturated rings. The summed E-state index contributed by atoms with van der Waals surface area (Å²) in [4.78, 5) is 11.5. The predicted octanol–water partition coefficient (Wildman–Crippen LogP) is 4.94. The Labute approximate surface area is 187 Å². The Hall–Kier alpha value is -2.42. The molecular formula is C20H19Cl2N7S. The molecule has 5 rings (SSSR count). The van der Waals surface area contributed by atoms with Gasteiger partial charge in [0.15, 0.2) is 5.65 Å². The lowest BCUT2D eigenvalue weighted by Crippen LogP contribution is -2.39. The summed E-state index contributed by atoms with van der Waals surface area (Å²) in [5, 5.41) is 10.2. The van der Waals surface area contributed by atoms with E-state index in [0.29, 0.717) is 22.0 Å². The maximum absolute atomic E-state index is 6.21. The summed E-state index contributed by atoms with van der Waals surface area (Å²) in [7, 11) is 0. The van der Waals surface area contributed by atoms with Gasteiger partial charge in [-0.3, -0.25) is 0 Å². The van der Waals surface area contributed by atoms with Gasteiger partial charge in [-0.05, 0) is 49.6 Å². The number of piperidine rings is 1. The Morgan fingerprint density at radius 2 is 1.93 bits per heavy atom. The number of fused-ring (bicyclic) bond motifs is 1. The fourth-order valence-corrected chi connectivity index (χ4v) is 4.69. The van der Waals surface area contributed by atoms with E-state index >= 15 is 0 Å². The highest BCUT2D eigenvalue weighted by atomic mass is 35.5. The molecule has 7 nitrogen and oxygen atoms in total. The third kappa shape index (κ3) is 3.82. The van der Waals surface area contributed by atoms with E-state index in [1.54, 1.807) is 10.6 Å². The second-order valence-corrected chi connectivity index (χ2v) is 8.83. The summed E-state index contributed by atoms with van der Waals surface area (Å²) in [5.41, 5.74) is 2.69. The van der Waals surface area contributed by atoms with Crippen molar-refractivity contribution in [2.75, 3.05) is 23.3 Å². The van der Waals surface area contributed by atoms with Gasteiger partial charge < -0.3 is 10.2 Å².